The first-order chi connectivity index (χ1) is 9.67. The van der Waals surface area contributed by atoms with E-state index in [1.165, 1.54) is 0 Å². The summed E-state index contributed by atoms with van der Waals surface area (Å²) in [5.74, 6) is 2.16. The van der Waals surface area contributed by atoms with Gasteiger partial charge in [0.2, 0.25) is 0 Å². The van der Waals surface area contributed by atoms with E-state index in [4.69, 9.17) is 15.7 Å². The summed E-state index contributed by atoms with van der Waals surface area (Å²) in [6, 6.07) is 6.98. The van der Waals surface area contributed by atoms with Gasteiger partial charge in [0.15, 0.2) is 5.84 Å². The fourth-order valence-electron chi connectivity index (χ4n) is 1.48. The van der Waals surface area contributed by atoms with Gasteiger partial charge in [-0.15, -0.1) is 0 Å². The van der Waals surface area contributed by atoms with Crippen LogP contribution in [-0.4, -0.2) is 46.5 Å². The van der Waals surface area contributed by atoms with Gasteiger partial charge >= 0.3 is 0 Å². The topological polar surface area (TPSA) is 96.9 Å². The minimum atomic E-state index is -0.723. The van der Waals surface area contributed by atoms with Gasteiger partial charge in [0.1, 0.15) is 12.4 Å². The van der Waals surface area contributed by atoms with Crippen molar-refractivity contribution >= 4 is 16.6 Å². The molecule has 1 rings (SSSR count). The highest BCUT2D eigenvalue weighted by Crippen LogP contribution is 2.11. The van der Waals surface area contributed by atoms with Crippen molar-refractivity contribution in [1.29, 1.82) is 0 Å². The van der Waals surface area contributed by atoms with Crippen molar-refractivity contribution < 1.29 is 14.2 Å². The summed E-state index contributed by atoms with van der Waals surface area (Å²) < 4.78 is 16.7. The molecule has 1 unspecified atom stereocenters. The third-order valence-electron chi connectivity index (χ3n) is 2.63. The summed E-state index contributed by atoms with van der Waals surface area (Å²) in [7, 11) is -0.723. The normalized spacial score (nSPS) is 13.2. The zero-order valence-electron chi connectivity index (χ0n) is 11.5. The molecule has 0 fully saturated rings. The van der Waals surface area contributed by atoms with E-state index in [1.807, 2.05) is 6.92 Å². The Morgan fingerprint density at radius 3 is 2.70 bits per heavy atom. The van der Waals surface area contributed by atoms with Crippen LogP contribution in [0.25, 0.3) is 0 Å². The molecule has 0 spiro atoms. The molecule has 0 aromatic heterocycles. The second-order valence-electron chi connectivity index (χ2n) is 4.04. The van der Waals surface area contributed by atoms with Crippen LogP contribution in [0.5, 0.6) is 5.75 Å². The fraction of sp³-hybridized carbons (Fsp3) is 0.462. The van der Waals surface area contributed by atoms with E-state index in [0.717, 1.165) is 12.3 Å². The first-order valence-corrected chi connectivity index (χ1v) is 7.92. The Kier molecular flexibility index (Phi) is 7.67. The van der Waals surface area contributed by atoms with Crippen molar-refractivity contribution in [2.45, 2.75) is 6.92 Å². The van der Waals surface area contributed by atoms with Gasteiger partial charge in [-0.25, -0.2) is 0 Å². The molecule has 0 aliphatic rings. The van der Waals surface area contributed by atoms with Crippen molar-refractivity contribution in [2.24, 2.45) is 10.9 Å². The molecule has 0 radical (unpaired) electrons. The Labute approximate surface area is 121 Å². The van der Waals surface area contributed by atoms with Gasteiger partial charge in [0, 0.05) is 41.0 Å². The minimum Gasteiger partial charge on any atom is -0.492 e. The van der Waals surface area contributed by atoms with Crippen molar-refractivity contribution in [1.82, 2.24) is 5.32 Å². The predicted molar refractivity (Wildman–Crippen MR) is 80.9 cm³/mol. The molecule has 1 aromatic rings. The van der Waals surface area contributed by atoms with E-state index in [0.29, 0.717) is 30.2 Å². The highest BCUT2D eigenvalue weighted by Gasteiger charge is 2.00. The van der Waals surface area contributed by atoms with E-state index in [1.54, 1.807) is 24.3 Å². The van der Waals surface area contributed by atoms with Crippen LogP contribution in [0.3, 0.4) is 0 Å². The van der Waals surface area contributed by atoms with E-state index in [-0.39, 0.29) is 5.84 Å². The van der Waals surface area contributed by atoms with Crippen LogP contribution in [0.4, 0.5) is 0 Å². The van der Waals surface area contributed by atoms with Gasteiger partial charge in [-0.3, -0.25) is 4.21 Å². The molecule has 20 heavy (non-hydrogen) atoms. The maximum Gasteiger partial charge on any atom is 0.170 e. The molecule has 1 atom stereocenters. The predicted octanol–water partition coefficient (Wildman–Crippen LogP) is 0.518. The summed E-state index contributed by atoms with van der Waals surface area (Å²) in [4.78, 5) is 0. The molecule has 4 N–H and O–H groups in total. The summed E-state index contributed by atoms with van der Waals surface area (Å²) in [6.07, 6.45) is 0. The lowest BCUT2D eigenvalue weighted by atomic mass is 10.2. The number of nitrogens with one attached hydrogen (secondary N) is 1. The average Bonchev–Trinajstić information content (AvgIpc) is 2.50. The van der Waals surface area contributed by atoms with Crippen LogP contribution in [-0.2, 0) is 10.8 Å². The van der Waals surface area contributed by atoms with Crippen LogP contribution < -0.4 is 15.8 Å². The molecular formula is C13H21N3O3S. The highest BCUT2D eigenvalue weighted by molar-refractivity contribution is 7.84. The summed E-state index contributed by atoms with van der Waals surface area (Å²) in [6.45, 7) is 3.87. The molecular weight excluding hydrogens is 278 g/mol. The van der Waals surface area contributed by atoms with E-state index >= 15 is 0 Å². The highest BCUT2D eigenvalue weighted by atomic mass is 32.2. The number of ether oxygens (including phenoxy) is 1. The lowest BCUT2D eigenvalue weighted by Crippen LogP contribution is -2.25. The Morgan fingerprint density at radius 1 is 1.40 bits per heavy atom. The molecule has 112 valence electrons. The first kappa shape index (κ1) is 16.5. The number of benzene rings is 1. The number of oxime groups is 1. The largest absolute Gasteiger partial charge is 0.492 e. The molecule has 1 aromatic carbocycles. The average molecular weight is 299 g/mol. The lowest BCUT2D eigenvalue weighted by Gasteiger charge is -2.08. The van der Waals surface area contributed by atoms with Gasteiger partial charge < -0.3 is 21.0 Å². The van der Waals surface area contributed by atoms with Gasteiger partial charge in [0.25, 0.3) is 0 Å². The van der Waals surface area contributed by atoms with Crippen molar-refractivity contribution in [3.8, 4) is 5.75 Å². The van der Waals surface area contributed by atoms with E-state index in [2.05, 4.69) is 10.5 Å². The fourth-order valence-corrected chi connectivity index (χ4v) is 2.14. The number of amidine groups is 1. The number of nitrogens with zero attached hydrogens (tertiary/aromatic N) is 1. The Morgan fingerprint density at radius 2 is 2.10 bits per heavy atom. The quantitative estimate of drug-likeness (QED) is 0.203. The smallest absolute Gasteiger partial charge is 0.170 e. The Balaban J connectivity index is 2.21. The number of nitrogens with two attached hydrogens (primary N) is 1. The van der Waals surface area contributed by atoms with Crippen molar-refractivity contribution in [2.75, 3.05) is 31.2 Å². The van der Waals surface area contributed by atoms with Crippen molar-refractivity contribution in [3.63, 3.8) is 0 Å². The molecule has 0 heterocycles. The maximum atomic E-state index is 11.2. The van der Waals surface area contributed by atoms with Crippen LogP contribution in [0.15, 0.2) is 29.4 Å². The molecule has 0 saturated heterocycles. The van der Waals surface area contributed by atoms with Gasteiger partial charge in [-0.2, -0.15) is 0 Å². The molecule has 7 heteroatoms. The van der Waals surface area contributed by atoms with Gasteiger partial charge in [0.05, 0.1) is 0 Å². The summed E-state index contributed by atoms with van der Waals surface area (Å²) >= 11 is 0. The van der Waals surface area contributed by atoms with Crippen LogP contribution in [0.1, 0.15) is 12.5 Å². The Hall–Kier alpha value is -1.60. The number of rotatable bonds is 9. The van der Waals surface area contributed by atoms with Crippen LogP contribution in [0.2, 0.25) is 0 Å². The zero-order chi connectivity index (χ0) is 14.8. The monoisotopic (exact) mass is 299 g/mol. The molecule has 0 bridgehead atoms. The second kappa shape index (κ2) is 9.33. The maximum absolute atomic E-state index is 11.2. The van der Waals surface area contributed by atoms with E-state index < -0.39 is 10.8 Å². The lowest BCUT2D eigenvalue weighted by molar-refractivity contribution is 0.315. The zero-order valence-corrected chi connectivity index (χ0v) is 12.4. The first-order valence-electron chi connectivity index (χ1n) is 6.43. The summed E-state index contributed by atoms with van der Waals surface area (Å²) in [5.41, 5.74) is 6.10. The molecule has 0 aliphatic heterocycles. The molecule has 6 nitrogen and oxygen atoms in total. The van der Waals surface area contributed by atoms with Crippen LogP contribution in [0, 0.1) is 0 Å². The van der Waals surface area contributed by atoms with E-state index in [9.17, 15) is 4.21 Å². The number of hydrogen-bond donors (Lipinski definition) is 3. The molecule has 0 aliphatic carbocycles. The second-order valence-corrected chi connectivity index (χ2v) is 5.91. The molecule has 0 amide bonds. The standard InChI is InChI=1S/C13H21N3O3S/c1-2-20(18)10-8-15-7-9-19-12-5-3-11(4-6-12)13(14)16-17/h3-6,15,17H,2,7-10H2,1H3,(H2,14,16). The summed E-state index contributed by atoms with van der Waals surface area (Å²) in [5, 5.41) is 14.6. The third-order valence-corrected chi connectivity index (χ3v) is 3.94. The number of hydrogen-bond acceptors (Lipinski definition) is 5. The third kappa shape index (κ3) is 6.03. The van der Waals surface area contributed by atoms with Crippen molar-refractivity contribution in [3.05, 3.63) is 29.8 Å². The molecule has 0 saturated carbocycles. The van der Waals surface area contributed by atoms with Gasteiger partial charge in [-0.05, 0) is 24.3 Å². The van der Waals surface area contributed by atoms with Gasteiger partial charge in [-0.1, -0.05) is 12.1 Å². The minimum absolute atomic E-state index is 0.0714. The van der Waals surface area contributed by atoms with Crippen LogP contribution >= 0.6 is 0 Å². The Bertz CT molecular complexity index is 449. The SMILES string of the molecule is CCS(=O)CCNCCOc1ccc(/C(N)=N/O)cc1.